The van der Waals surface area contributed by atoms with Crippen LogP contribution in [-0.2, 0) is 16.3 Å². The number of alkyl halides is 1. The highest BCUT2D eigenvalue weighted by Gasteiger charge is 2.24. The Morgan fingerprint density at radius 3 is 2.67 bits per heavy atom. The van der Waals surface area contributed by atoms with Crippen molar-refractivity contribution in [2.45, 2.75) is 30.5 Å². The van der Waals surface area contributed by atoms with Crippen LogP contribution in [0.1, 0.15) is 19.5 Å². The molecule has 4 nitrogen and oxygen atoms in total. The number of hydrogen-bond acceptors (Lipinski definition) is 4. The lowest BCUT2D eigenvalue weighted by atomic mass is 10.3. The largest absolute Gasteiger partial charge is 0.241 e. The second-order valence-corrected chi connectivity index (χ2v) is 5.83. The third-order valence-electron chi connectivity index (χ3n) is 2.10. The Morgan fingerprint density at radius 1 is 1.47 bits per heavy atom. The molecule has 0 aliphatic heterocycles. The SMILES string of the molecule is CCc1cc(S(=O)(=O)C(C)CCl)ncn1. The van der Waals surface area contributed by atoms with E-state index in [4.69, 9.17) is 11.6 Å². The number of aromatic nitrogens is 2. The third kappa shape index (κ3) is 2.66. The summed E-state index contributed by atoms with van der Waals surface area (Å²) in [6, 6.07) is 1.50. The van der Waals surface area contributed by atoms with E-state index in [1.54, 1.807) is 6.92 Å². The summed E-state index contributed by atoms with van der Waals surface area (Å²) < 4.78 is 23.7. The quantitative estimate of drug-likeness (QED) is 0.598. The first-order chi connectivity index (χ1) is 7.02. The standard InChI is InChI=1S/C9H13ClN2O2S/c1-3-8-4-9(12-6-11-8)15(13,14)7(2)5-10/h4,6-7H,3,5H2,1-2H3. The first-order valence-corrected chi connectivity index (χ1v) is 6.71. The average Bonchev–Trinajstić information content (AvgIpc) is 2.27. The second-order valence-electron chi connectivity index (χ2n) is 3.21. The monoisotopic (exact) mass is 248 g/mol. The summed E-state index contributed by atoms with van der Waals surface area (Å²) in [7, 11) is -3.40. The first kappa shape index (κ1) is 12.4. The van der Waals surface area contributed by atoms with Crippen LogP contribution in [0.5, 0.6) is 0 Å². The zero-order chi connectivity index (χ0) is 11.5. The number of nitrogens with zero attached hydrogens (tertiary/aromatic N) is 2. The molecular formula is C9H13ClN2O2S. The maximum atomic E-state index is 11.9. The molecule has 6 heteroatoms. The van der Waals surface area contributed by atoms with Crippen molar-refractivity contribution < 1.29 is 8.42 Å². The van der Waals surface area contributed by atoms with Crippen LogP contribution in [0.2, 0.25) is 0 Å². The Labute approximate surface area is 94.6 Å². The topological polar surface area (TPSA) is 59.9 Å². The van der Waals surface area contributed by atoms with Gasteiger partial charge in [-0.15, -0.1) is 11.6 Å². The fourth-order valence-corrected chi connectivity index (χ4v) is 2.59. The van der Waals surface area contributed by atoms with Gasteiger partial charge in [0.15, 0.2) is 14.9 Å². The van der Waals surface area contributed by atoms with E-state index in [0.717, 1.165) is 0 Å². The maximum Gasteiger partial charge on any atom is 0.199 e. The van der Waals surface area contributed by atoms with E-state index in [0.29, 0.717) is 12.1 Å². The van der Waals surface area contributed by atoms with Gasteiger partial charge in [0.25, 0.3) is 0 Å². The highest BCUT2D eigenvalue weighted by molar-refractivity contribution is 7.92. The highest BCUT2D eigenvalue weighted by atomic mass is 35.5. The van der Waals surface area contributed by atoms with Crippen molar-refractivity contribution in [3.05, 3.63) is 18.1 Å². The van der Waals surface area contributed by atoms with Crippen molar-refractivity contribution in [1.29, 1.82) is 0 Å². The molecule has 1 unspecified atom stereocenters. The maximum absolute atomic E-state index is 11.9. The molecule has 0 radical (unpaired) electrons. The molecule has 0 spiro atoms. The van der Waals surface area contributed by atoms with Crippen molar-refractivity contribution in [2.75, 3.05) is 5.88 Å². The first-order valence-electron chi connectivity index (χ1n) is 4.63. The van der Waals surface area contributed by atoms with Crippen molar-refractivity contribution in [3.63, 3.8) is 0 Å². The second kappa shape index (κ2) is 4.90. The fraction of sp³-hybridized carbons (Fsp3) is 0.556. The molecule has 0 aromatic carbocycles. The summed E-state index contributed by atoms with van der Waals surface area (Å²) in [6.07, 6.45) is 1.95. The van der Waals surface area contributed by atoms with E-state index in [9.17, 15) is 8.42 Å². The minimum atomic E-state index is -3.40. The van der Waals surface area contributed by atoms with Crippen molar-refractivity contribution in [1.82, 2.24) is 9.97 Å². The number of sulfone groups is 1. The van der Waals surface area contributed by atoms with Crippen LogP contribution in [0, 0.1) is 0 Å². The Hall–Kier alpha value is -0.680. The Kier molecular flexibility index (Phi) is 4.04. The van der Waals surface area contributed by atoms with Gasteiger partial charge >= 0.3 is 0 Å². The molecule has 0 aliphatic carbocycles. The summed E-state index contributed by atoms with van der Waals surface area (Å²) in [4.78, 5) is 7.72. The lowest BCUT2D eigenvalue weighted by molar-refractivity contribution is 0.583. The average molecular weight is 249 g/mol. The minimum absolute atomic E-state index is 0.0579. The molecule has 0 aliphatic rings. The Morgan fingerprint density at radius 2 is 2.13 bits per heavy atom. The van der Waals surface area contributed by atoms with Crippen LogP contribution in [0.25, 0.3) is 0 Å². The fourth-order valence-electron chi connectivity index (χ4n) is 1.01. The number of halogens is 1. The van der Waals surface area contributed by atoms with Crippen LogP contribution in [0.15, 0.2) is 17.4 Å². The van der Waals surface area contributed by atoms with Crippen molar-refractivity contribution >= 4 is 21.4 Å². The summed E-state index contributed by atoms with van der Waals surface area (Å²) in [6.45, 7) is 3.47. The minimum Gasteiger partial charge on any atom is -0.241 e. The molecule has 0 bridgehead atoms. The van der Waals surface area contributed by atoms with Gasteiger partial charge < -0.3 is 0 Å². The molecule has 0 saturated carbocycles. The van der Waals surface area contributed by atoms with Gasteiger partial charge in [-0.3, -0.25) is 0 Å². The Bertz CT molecular complexity index is 433. The van der Waals surface area contributed by atoms with E-state index in [2.05, 4.69) is 9.97 Å². The lowest BCUT2D eigenvalue weighted by Gasteiger charge is -2.08. The van der Waals surface area contributed by atoms with Gasteiger partial charge in [0.2, 0.25) is 0 Å². The van der Waals surface area contributed by atoms with Gasteiger partial charge in [0.05, 0.1) is 5.25 Å². The van der Waals surface area contributed by atoms with Crippen molar-refractivity contribution in [2.24, 2.45) is 0 Å². The van der Waals surface area contributed by atoms with Gasteiger partial charge in [-0.1, -0.05) is 6.92 Å². The van der Waals surface area contributed by atoms with Crippen LogP contribution in [0.3, 0.4) is 0 Å². The molecule has 84 valence electrons. The number of hydrogen-bond donors (Lipinski definition) is 0. The summed E-state index contributed by atoms with van der Waals surface area (Å²) >= 11 is 5.54. The van der Waals surface area contributed by atoms with Crippen LogP contribution < -0.4 is 0 Å². The predicted octanol–water partition coefficient (Wildman–Crippen LogP) is 1.44. The van der Waals surface area contributed by atoms with E-state index >= 15 is 0 Å². The molecule has 0 fully saturated rings. The van der Waals surface area contributed by atoms with Gasteiger partial charge in [0.1, 0.15) is 6.33 Å². The summed E-state index contributed by atoms with van der Waals surface area (Å²) in [5.74, 6) is 0.0633. The number of aryl methyl sites for hydroxylation is 1. The molecule has 1 rings (SSSR count). The zero-order valence-corrected chi connectivity index (χ0v) is 10.2. The molecule has 15 heavy (non-hydrogen) atoms. The highest BCUT2D eigenvalue weighted by Crippen LogP contribution is 2.14. The van der Waals surface area contributed by atoms with Gasteiger partial charge in [-0.2, -0.15) is 0 Å². The molecule has 1 aromatic heterocycles. The molecule has 1 atom stereocenters. The molecular weight excluding hydrogens is 236 g/mol. The Balaban J connectivity index is 3.16. The normalized spacial score (nSPS) is 13.8. The predicted molar refractivity (Wildman–Crippen MR) is 58.8 cm³/mol. The number of rotatable bonds is 4. The van der Waals surface area contributed by atoms with Crippen LogP contribution >= 0.6 is 11.6 Å². The zero-order valence-electron chi connectivity index (χ0n) is 8.64. The van der Waals surface area contributed by atoms with E-state index < -0.39 is 15.1 Å². The van der Waals surface area contributed by atoms with E-state index in [1.165, 1.54) is 12.4 Å². The summed E-state index contributed by atoms with van der Waals surface area (Å²) in [5.41, 5.74) is 0.713. The van der Waals surface area contributed by atoms with Gasteiger partial charge in [0, 0.05) is 11.6 Å². The third-order valence-corrected chi connectivity index (χ3v) is 4.78. The molecule has 0 saturated heterocycles. The van der Waals surface area contributed by atoms with Crippen LogP contribution in [0.4, 0.5) is 0 Å². The molecule has 1 heterocycles. The van der Waals surface area contributed by atoms with E-state index in [-0.39, 0.29) is 10.9 Å². The van der Waals surface area contributed by atoms with Crippen molar-refractivity contribution in [3.8, 4) is 0 Å². The lowest BCUT2D eigenvalue weighted by Crippen LogP contribution is -2.20. The van der Waals surface area contributed by atoms with E-state index in [1.807, 2.05) is 6.92 Å². The molecule has 1 aromatic rings. The van der Waals surface area contributed by atoms with Gasteiger partial charge in [-0.05, 0) is 19.4 Å². The van der Waals surface area contributed by atoms with Gasteiger partial charge in [-0.25, -0.2) is 18.4 Å². The molecule has 0 amide bonds. The smallest absolute Gasteiger partial charge is 0.199 e. The summed E-state index contributed by atoms with van der Waals surface area (Å²) in [5, 5.41) is -0.568. The van der Waals surface area contributed by atoms with Crippen LogP contribution in [-0.4, -0.2) is 29.5 Å². The molecule has 0 N–H and O–H groups in total.